The number of rotatable bonds is 3. The molecular formula is C15H23N5OS. The first-order valence-corrected chi connectivity index (χ1v) is 8.53. The predicted octanol–water partition coefficient (Wildman–Crippen LogP) is 2.21. The zero-order chi connectivity index (χ0) is 16.1. The van der Waals surface area contributed by atoms with Crippen LogP contribution in [-0.4, -0.2) is 24.8 Å². The van der Waals surface area contributed by atoms with Crippen molar-refractivity contribution in [3.63, 3.8) is 0 Å². The van der Waals surface area contributed by atoms with Crippen LogP contribution < -0.4 is 5.69 Å². The SMILES string of the molecule is CCn1nnn(Cc2nc3c(s2)C(C)(C)CC(C)(C)C3)c1=O. The summed E-state index contributed by atoms with van der Waals surface area (Å²) < 4.78 is 2.76. The van der Waals surface area contributed by atoms with Gasteiger partial charge in [0.2, 0.25) is 0 Å². The largest absolute Gasteiger partial charge is 0.364 e. The lowest BCUT2D eigenvalue weighted by atomic mass is 9.67. The van der Waals surface area contributed by atoms with Crippen molar-refractivity contribution in [2.24, 2.45) is 5.41 Å². The van der Waals surface area contributed by atoms with E-state index in [1.807, 2.05) is 6.92 Å². The Labute approximate surface area is 134 Å². The summed E-state index contributed by atoms with van der Waals surface area (Å²) in [6.45, 7) is 12.0. The van der Waals surface area contributed by atoms with Gasteiger partial charge in [-0.2, -0.15) is 9.36 Å². The van der Waals surface area contributed by atoms with Crippen LogP contribution in [0, 0.1) is 5.41 Å². The molecule has 7 heteroatoms. The molecule has 120 valence electrons. The molecule has 0 fully saturated rings. The second-order valence-corrected chi connectivity index (χ2v) is 8.60. The van der Waals surface area contributed by atoms with Crippen LogP contribution >= 0.6 is 11.3 Å². The smallest absolute Gasteiger partial charge is 0.244 e. The summed E-state index contributed by atoms with van der Waals surface area (Å²) in [5, 5.41) is 8.74. The molecule has 3 rings (SSSR count). The summed E-state index contributed by atoms with van der Waals surface area (Å²) in [6.07, 6.45) is 2.15. The average molecular weight is 321 g/mol. The second-order valence-electron chi connectivity index (χ2n) is 7.52. The van der Waals surface area contributed by atoms with Crippen molar-refractivity contribution in [1.29, 1.82) is 0 Å². The molecule has 2 heterocycles. The Morgan fingerprint density at radius 2 is 1.86 bits per heavy atom. The maximum Gasteiger partial charge on any atom is 0.364 e. The molecule has 0 atom stereocenters. The van der Waals surface area contributed by atoms with Gasteiger partial charge in [-0.25, -0.2) is 9.78 Å². The highest BCUT2D eigenvalue weighted by molar-refractivity contribution is 7.11. The summed E-state index contributed by atoms with van der Waals surface area (Å²) >= 11 is 1.72. The van der Waals surface area contributed by atoms with Gasteiger partial charge >= 0.3 is 5.69 Å². The van der Waals surface area contributed by atoms with E-state index in [1.165, 1.54) is 19.9 Å². The van der Waals surface area contributed by atoms with E-state index in [9.17, 15) is 4.79 Å². The molecular weight excluding hydrogens is 298 g/mol. The molecule has 0 unspecified atom stereocenters. The molecule has 0 spiro atoms. The highest BCUT2D eigenvalue weighted by Gasteiger charge is 2.39. The van der Waals surface area contributed by atoms with Crippen molar-refractivity contribution in [2.75, 3.05) is 0 Å². The molecule has 1 aliphatic carbocycles. The Morgan fingerprint density at radius 1 is 1.18 bits per heavy atom. The topological polar surface area (TPSA) is 65.6 Å². The fourth-order valence-electron chi connectivity index (χ4n) is 3.64. The van der Waals surface area contributed by atoms with E-state index >= 15 is 0 Å². The van der Waals surface area contributed by atoms with E-state index in [4.69, 9.17) is 4.98 Å². The fourth-order valence-corrected chi connectivity index (χ4v) is 4.80. The van der Waals surface area contributed by atoms with Crippen molar-refractivity contribution in [3.8, 4) is 0 Å². The number of nitrogens with zero attached hydrogens (tertiary/aromatic N) is 5. The van der Waals surface area contributed by atoms with Crippen LogP contribution in [0.5, 0.6) is 0 Å². The molecule has 22 heavy (non-hydrogen) atoms. The lowest BCUT2D eigenvalue weighted by Crippen LogP contribution is -2.33. The number of thiazole rings is 1. The van der Waals surface area contributed by atoms with Crippen LogP contribution in [0.25, 0.3) is 0 Å². The molecule has 0 aromatic carbocycles. The third-order valence-electron chi connectivity index (χ3n) is 4.20. The molecule has 0 N–H and O–H groups in total. The summed E-state index contributed by atoms with van der Waals surface area (Å²) in [7, 11) is 0. The van der Waals surface area contributed by atoms with Crippen LogP contribution in [0.15, 0.2) is 4.79 Å². The zero-order valence-electron chi connectivity index (χ0n) is 13.9. The van der Waals surface area contributed by atoms with Gasteiger partial charge in [0.05, 0.1) is 5.69 Å². The number of tetrazole rings is 1. The minimum Gasteiger partial charge on any atom is -0.244 e. The lowest BCUT2D eigenvalue weighted by Gasteiger charge is -2.39. The van der Waals surface area contributed by atoms with Gasteiger partial charge in [0.25, 0.3) is 0 Å². The molecule has 0 saturated heterocycles. The van der Waals surface area contributed by atoms with Gasteiger partial charge in [-0.15, -0.1) is 11.3 Å². The first kappa shape index (κ1) is 15.4. The molecule has 0 saturated carbocycles. The van der Waals surface area contributed by atoms with Gasteiger partial charge in [0, 0.05) is 16.8 Å². The quantitative estimate of drug-likeness (QED) is 0.869. The van der Waals surface area contributed by atoms with Crippen molar-refractivity contribution in [1.82, 2.24) is 24.8 Å². The van der Waals surface area contributed by atoms with E-state index in [0.717, 1.165) is 17.8 Å². The Morgan fingerprint density at radius 3 is 2.50 bits per heavy atom. The highest BCUT2D eigenvalue weighted by Crippen LogP contribution is 2.47. The molecule has 0 aliphatic heterocycles. The molecule has 2 aromatic rings. The third-order valence-corrected chi connectivity index (χ3v) is 5.65. The molecule has 1 aliphatic rings. The second kappa shape index (κ2) is 5.01. The van der Waals surface area contributed by atoms with Crippen LogP contribution in [-0.2, 0) is 24.9 Å². The first-order chi connectivity index (χ1) is 10.2. The van der Waals surface area contributed by atoms with Crippen molar-refractivity contribution in [2.45, 2.75) is 66.0 Å². The third kappa shape index (κ3) is 2.62. The van der Waals surface area contributed by atoms with E-state index in [2.05, 4.69) is 38.1 Å². The molecule has 0 radical (unpaired) electrons. The highest BCUT2D eigenvalue weighted by atomic mass is 32.1. The molecule has 0 amide bonds. The van der Waals surface area contributed by atoms with Gasteiger partial charge in [-0.3, -0.25) is 0 Å². The first-order valence-electron chi connectivity index (χ1n) is 7.71. The molecule has 0 bridgehead atoms. The van der Waals surface area contributed by atoms with Crippen LogP contribution in [0.3, 0.4) is 0 Å². The maximum absolute atomic E-state index is 12.1. The Balaban J connectivity index is 1.93. The average Bonchev–Trinajstić information content (AvgIpc) is 2.93. The van der Waals surface area contributed by atoms with Crippen molar-refractivity contribution < 1.29 is 0 Å². The predicted molar refractivity (Wildman–Crippen MR) is 86.3 cm³/mol. The number of hydrogen-bond donors (Lipinski definition) is 0. The van der Waals surface area contributed by atoms with Crippen LogP contribution in [0.4, 0.5) is 0 Å². The van der Waals surface area contributed by atoms with Gasteiger partial charge in [-0.1, -0.05) is 27.7 Å². The Bertz CT molecular complexity index is 752. The standard InChI is InChI=1S/C15H23N5OS/c1-6-19-13(21)20(18-17-19)8-11-16-10-7-14(2,3)9-15(4,5)12(10)22-11/h6-9H2,1-5H3. The van der Waals surface area contributed by atoms with E-state index < -0.39 is 0 Å². The van der Waals surface area contributed by atoms with Gasteiger partial charge in [-0.05, 0) is 35.6 Å². The van der Waals surface area contributed by atoms with Gasteiger partial charge in [0.1, 0.15) is 11.6 Å². The number of aromatic nitrogens is 5. The Kier molecular flexibility index (Phi) is 3.51. The fraction of sp³-hybridized carbons (Fsp3) is 0.733. The summed E-state index contributed by atoms with van der Waals surface area (Å²) in [5.41, 5.74) is 1.43. The summed E-state index contributed by atoms with van der Waals surface area (Å²) in [6, 6.07) is 0. The number of fused-ring (bicyclic) bond motifs is 1. The van der Waals surface area contributed by atoms with Crippen molar-refractivity contribution >= 4 is 11.3 Å². The van der Waals surface area contributed by atoms with E-state index in [-0.39, 0.29) is 16.5 Å². The maximum atomic E-state index is 12.1. The van der Waals surface area contributed by atoms with E-state index in [0.29, 0.717) is 13.1 Å². The van der Waals surface area contributed by atoms with E-state index in [1.54, 1.807) is 11.3 Å². The zero-order valence-corrected chi connectivity index (χ0v) is 14.7. The van der Waals surface area contributed by atoms with Crippen molar-refractivity contribution in [3.05, 3.63) is 26.1 Å². The summed E-state index contributed by atoms with van der Waals surface area (Å²) in [5.74, 6) is 0. The normalized spacial score (nSPS) is 19.1. The molecule has 6 nitrogen and oxygen atoms in total. The van der Waals surface area contributed by atoms with Crippen LogP contribution in [0.1, 0.15) is 56.6 Å². The Hall–Kier alpha value is -1.50. The van der Waals surface area contributed by atoms with Crippen LogP contribution in [0.2, 0.25) is 0 Å². The monoisotopic (exact) mass is 321 g/mol. The van der Waals surface area contributed by atoms with Gasteiger partial charge in [0.15, 0.2) is 0 Å². The lowest BCUT2D eigenvalue weighted by molar-refractivity contribution is 0.232. The number of hydrogen-bond acceptors (Lipinski definition) is 5. The summed E-state index contributed by atoms with van der Waals surface area (Å²) in [4.78, 5) is 18.2. The van der Waals surface area contributed by atoms with Gasteiger partial charge < -0.3 is 0 Å². The minimum atomic E-state index is -0.171. The molecule has 2 aromatic heterocycles. The minimum absolute atomic E-state index is 0.138. The number of aryl methyl sites for hydroxylation is 1.